The van der Waals surface area contributed by atoms with Crippen LogP contribution < -0.4 is 0 Å². The first kappa shape index (κ1) is 50.7. The van der Waals surface area contributed by atoms with Crippen molar-refractivity contribution in [1.82, 2.24) is 0 Å². The Morgan fingerprint density at radius 2 is 1.03 bits per heavy atom. The largest absolute Gasteiger partial charge is 0.474 e. The van der Waals surface area contributed by atoms with Crippen molar-refractivity contribution in [3.63, 3.8) is 0 Å². The summed E-state index contributed by atoms with van der Waals surface area (Å²) < 4.78 is 58.7. The van der Waals surface area contributed by atoms with E-state index in [0.29, 0.717) is 6.61 Å². The standard InChI is InChI=1S/C48H67O13P/c1-3-4-5-6-7-8-9-10-11-12-13-14-15-16-17-27-34-55-35-41(54-2)36-57-62(52,53)61-48-44(60-47(51)40-32-25-20-26-33-40)43(59-46(50)39-30-23-19-24-31-39)42(37-56-48)58-45(49)38-28-21-18-22-29-38/h18-26,28-33,41-44,48H,3-17,27,34-37H2,1-2H3,(H,52,53)/t41?,42-,43-,44-,48+/m1/s1. The number of esters is 3. The van der Waals surface area contributed by atoms with Crippen LogP contribution >= 0.6 is 7.82 Å². The van der Waals surface area contributed by atoms with Crippen molar-refractivity contribution >= 4 is 25.7 Å². The van der Waals surface area contributed by atoms with E-state index in [1.807, 2.05) is 0 Å². The summed E-state index contributed by atoms with van der Waals surface area (Å²) in [6.07, 6.45) is 13.3. The molecule has 0 amide bonds. The first-order valence-electron chi connectivity index (χ1n) is 22.4. The van der Waals surface area contributed by atoms with Crippen LogP contribution in [-0.2, 0) is 42.0 Å². The second kappa shape index (κ2) is 29.4. The maximum atomic E-state index is 13.5. The van der Waals surface area contributed by atoms with Crippen molar-refractivity contribution in [2.24, 2.45) is 0 Å². The summed E-state index contributed by atoms with van der Waals surface area (Å²) in [5, 5.41) is 0. The molecule has 1 aliphatic rings. The molecule has 0 saturated carbocycles. The molecule has 13 nitrogen and oxygen atoms in total. The average molecular weight is 883 g/mol. The maximum Gasteiger partial charge on any atom is 0.474 e. The van der Waals surface area contributed by atoms with E-state index >= 15 is 0 Å². The molecule has 0 spiro atoms. The lowest BCUT2D eigenvalue weighted by atomic mass is 10.0. The second-order valence-electron chi connectivity index (χ2n) is 15.6. The minimum atomic E-state index is -4.97. The van der Waals surface area contributed by atoms with Gasteiger partial charge in [0.1, 0.15) is 6.10 Å². The van der Waals surface area contributed by atoms with Crippen LogP contribution in [0.25, 0.3) is 0 Å². The van der Waals surface area contributed by atoms with Crippen molar-refractivity contribution in [3.05, 3.63) is 108 Å². The highest BCUT2D eigenvalue weighted by Crippen LogP contribution is 2.47. The average Bonchev–Trinajstić information content (AvgIpc) is 3.29. The Morgan fingerprint density at radius 1 is 0.613 bits per heavy atom. The van der Waals surface area contributed by atoms with Crippen LogP contribution in [0, 0.1) is 0 Å². The highest BCUT2D eigenvalue weighted by Gasteiger charge is 2.51. The zero-order chi connectivity index (χ0) is 44.3. The van der Waals surface area contributed by atoms with Crippen LogP contribution in [-0.4, -0.2) is 87.0 Å². The molecule has 2 unspecified atom stereocenters. The fourth-order valence-electron chi connectivity index (χ4n) is 7.00. The zero-order valence-corrected chi connectivity index (χ0v) is 37.4. The van der Waals surface area contributed by atoms with Gasteiger partial charge in [-0.1, -0.05) is 158 Å². The van der Waals surface area contributed by atoms with Gasteiger partial charge in [-0.05, 0) is 42.8 Å². The number of unbranched alkanes of at least 4 members (excludes halogenated alkanes) is 15. The molecule has 14 heteroatoms. The van der Waals surface area contributed by atoms with E-state index in [1.165, 1.54) is 127 Å². The summed E-state index contributed by atoms with van der Waals surface area (Å²) in [5.41, 5.74) is 0.470. The van der Waals surface area contributed by atoms with Gasteiger partial charge in [0.25, 0.3) is 0 Å². The third kappa shape index (κ3) is 19.2. The van der Waals surface area contributed by atoms with Gasteiger partial charge in [-0.3, -0.25) is 9.05 Å². The Hall–Kier alpha value is -3.94. The van der Waals surface area contributed by atoms with E-state index in [9.17, 15) is 23.8 Å². The van der Waals surface area contributed by atoms with Crippen LogP contribution in [0.5, 0.6) is 0 Å². The molecule has 342 valence electrons. The number of carbonyl (C=O) groups excluding carboxylic acids is 3. The van der Waals surface area contributed by atoms with E-state index in [0.717, 1.165) is 19.3 Å². The van der Waals surface area contributed by atoms with E-state index in [2.05, 4.69) is 6.92 Å². The number of phosphoric ester groups is 1. The third-order valence-electron chi connectivity index (χ3n) is 10.6. The van der Waals surface area contributed by atoms with Gasteiger partial charge in [-0.15, -0.1) is 0 Å². The molecule has 0 aromatic heterocycles. The van der Waals surface area contributed by atoms with Crippen LogP contribution in [0.4, 0.5) is 0 Å². The van der Waals surface area contributed by atoms with E-state index in [4.69, 9.17) is 37.5 Å². The van der Waals surface area contributed by atoms with Gasteiger partial charge in [0.2, 0.25) is 6.29 Å². The van der Waals surface area contributed by atoms with Gasteiger partial charge in [-0.25, -0.2) is 18.9 Å². The maximum absolute atomic E-state index is 13.5. The molecule has 62 heavy (non-hydrogen) atoms. The number of hydrogen-bond acceptors (Lipinski definition) is 12. The summed E-state index contributed by atoms with van der Waals surface area (Å²) in [4.78, 5) is 51.0. The van der Waals surface area contributed by atoms with E-state index < -0.39 is 63.0 Å². The summed E-state index contributed by atoms with van der Waals surface area (Å²) in [6.45, 7) is 2.03. The third-order valence-corrected chi connectivity index (χ3v) is 11.5. The van der Waals surface area contributed by atoms with Crippen molar-refractivity contribution in [1.29, 1.82) is 0 Å². The van der Waals surface area contributed by atoms with Crippen molar-refractivity contribution in [2.75, 3.05) is 33.5 Å². The molecule has 0 bridgehead atoms. The van der Waals surface area contributed by atoms with Crippen LogP contribution in [0.2, 0.25) is 0 Å². The van der Waals surface area contributed by atoms with Gasteiger partial charge < -0.3 is 33.3 Å². The molecule has 3 aromatic rings. The van der Waals surface area contributed by atoms with E-state index in [1.54, 1.807) is 54.6 Å². The number of ether oxygens (including phenoxy) is 6. The van der Waals surface area contributed by atoms with Crippen molar-refractivity contribution in [2.45, 2.75) is 140 Å². The Morgan fingerprint density at radius 3 is 1.48 bits per heavy atom. The molecule has 3 aromatic carbocycles. The van der Waals surface area contributed by atoms with Gasteiger partial charge in [0.15, 0.2) is 18.3 Å². The fourth-order valence-corrected chi connectivity index (χ4v) is 7.86. The molecular formula is C48H67O13P. The summed E-state index contributed by atoms with van der Waals surface area (Å²) in [5.74, 6) is -2.51. The van der Waals surface area contributed by atoms with E-state index in [-0.39, 0.29) is 29.9 Å². The fraction of sp³-hybridized carbons (Fsp3) is 0.562. The molecule has 4 rings (SSSR count). The SMILES string of the molecule is CCCCCCCCCCCCCCCCCCOCC(COP(=O)(O)O[C@@H]1OC[C@@H](OC(=O)c2ccccc2)[C@@H](OC(=O)c2ccccc2)[C@H]1OC(=O)c1ccccc1)OC. The Balaban J connectivity index is 1.27. The number of rotatable bonds is 31. The van der Waals surface area contributed by atoms with Gasteiger partial charge >= 0.3 is 25.7 Å². The molecule has 0 radical (unpaired) electrons. The van der Waals surface area contributed by atoms with Crippen LogP contribution in [0.3, 0.4) is 0 Å². The molecule has 6 atom stereocenters. The topological polar surface area (TPSA) is 162 Å². The molecule has 1 heterocycles. The highest BCUT2D eigenvalue weighted by molar-refractivity contribution is 7.47. The number of hydrogen-bond donors (Lipinski definition) is 1. The Kier molecular flexibility index (Phi) is 24.1. The summed E-state index contributed by atoms with van der Waals surface area (Å²) in [7, 11) is -3.54. The number of methoxy groups -OCH3 is 1. The lowest BCUT2D eigenvalue weighted by Crippen LogP contribution is -2.58. The predicted molar refractivity (Wildman–Crippen MR) is 235 cm³/mol. The van der Waals surface area contributed by atoms with Crippen LogP contribution in [0.15, 0.2) is 91.0 Å². The summed E-state index contributed by atoms with van der Waals surface area (Å²) in [6, 6.07) is 24.0. The monoisotopic (exact) mass is 882 g/mol. The first-order valence-corrected chi connectivity index (χ1v) is 23.9. The molecule has 1 aliphatic heterocycles. The molecule has 1 fully saturated rings. The summed E-state index contributed by atoms with van der Waals surface area (Å²) >= 11 is 0. The smallest absolute Gasteiger partial charge is 0.452 e. The first-order chi connectivity index (χ1) is 30.2. The number of benzene rings is 3. The zero-order valence-electron chi connectivity index (χ0n) is 36.5. The van der Waals surface area contributed by atoms with Crippen LogP contribution in [0.1, 0.15) is 141 Å². The molecule has 1 saturated heterocycles. The Bertz CT molecular complexity index is 1730. The second-order valence-corrected chi connectivity index (χ2v) is 17.0. The van der Waals surface area contributed by atoms with Gasteiger partial charge in [0, 0.05) is 13.7 Å². The van der Waals surface area contributed by atoms with Crippen molar-refractivity contribution < 1.29 is 61.3 Å². The predicted octanol–water partition coefficient (Wildman–Crippen LogP) is 10.4. The number of phosphoric acid groups is 1. The molecule has 1 N–H and O–H groups in total. The van der Waals surface area contributed by atoms with Crippen molar-refractivity contribution in [3.8, 4) is 0 Å². The minimum absolute atomic E-state index is 0.110. The normalized spacial score (nSPS) is 19.0. The quantitative estimate of drug-likeness (QED) is 0.0281. The molecule has 0 aliphatic carbocycles. The van der Waals surface area contributed by atoms with Gasteiger partial charge in [0.05, 0.1) is 36.5 Å². The lowest BCUT2D eigenvalue weighted by molar-refractivity contribution is -0.246. The molecular weight excluding hydrogens is 815 g/mol. The van der Waals surface area contributed by atoms with Gasteiger partial charge in [-0.2, -0.15) is 0 Å². The number of carbonyl (C=O) groups is 3. The minimum Gasteiger partial charge on any atom is -0.452 e. The lowest BCUT2D eigenvalue weighted by Gasteiger charge is -2.40. The highest BCUT2D eigenvalue weighted by atomic mass is 31.2. The Labute approximate surface area is 367 Å².